The van der Waals surface area contributed by atoms with Crippen molar-refractivity contribution in [2.45, 2.75) is 69.1 Å². The van der Waals surface area contributed by atoms with Gasteiger partial charge in [-0.1, -0.05) is 36.7 Å². The largest absolute Gasteiger partial charge is 0.490 e. The van der Waals surface area contributed by atoms with Crippen LogP contribution in [0.2, 0.25) is 5.02 Å². The highest BCUT2D eigenvalue weighted by Crippen LogP contribution is 2.46. The van der Waals surface area contributed by atoms with Gasteiger partial charge in [-0.25, -0.2) is 13.1 Å². The van der Waals surface area contributed by atoms with Crippen LogP contribution in [-0.4, -0.2) is 50.5 Å². The number of nitrogens with one attached hydrogen (secondary N) is 1. The number of rotatable bonds is 0. The number of carbonyl (C=O) groups is 1. The molecule has 41 heavy (non-hydrogen) atoms. The number of fused-ring (bicyclic) bond motifs is 4. The van der Waals surface area contributed by atoms with Gasteiger partial charge >= 0.3 is 0 Å². The van der Waals surface area contributed by atoms with Gasteiger partial charge < -0.3 is 14.7 Å². The third kappa shape index (κ3) is 5.51. The first-order chi connectivity index (χ1) is 19.5. The molecule has 2 aliphatic carbocycles. The van der Waals surface area contributed by atoms with Crippen LogP contribution in [0.3, 0.4) is 0 Å². The average Bonchev–Trinajstić information content (AvgIpc) is 3.06. The second-order valence-electron chi connectivity index (χ2n) is 12.7. The molecule has 7 nitrogen and oxygen atoms in total. The maximum atomic E-state index is 13.3. The van der Waals surface area contributed by atoms with Gasteiger partial charge in [-0.2, -0.15) is 0 Å². The number of benzene rings is 2. The minimum Gasteiger partial charge on any atom is -0.490 e. The molecule has 0 aromatic heterocycles. The van der Waals surface area contributed by atoms with Crippen molar-refractivity contribution in [1.29, 1.82) is 0 Å². The topological polar surface area (TPSA) is 95.9 Å². The van der Waals surface area contributed by atoms with Crippen molar-refractivity contribution >= 4 is 33.2 Å². The van der Waals surface area contributed by atoms with Crippen molar-refractivity contribution in [2.75, 3.05) is 24.6 Å². The SMILES string of the molecule is C[C@H]1/C=C\[C@H](O)[C@@H]2CC[C@H]2CN2C[C@@]3(CCCc4cc(Cl)ccc43)COc3ccc(cc32)C(=O)NS(=O)(=O)[C@@H](C)C1. The first kappa shape index (κ1) is 28.6. The van der Waals surface area contributed by atoms with Crippen LogP contribution in [0.25, 0.3) is 0 Å². The summed E-state index contributed by atoms with van der Waals surface area (Å²) in [4.78, 5) is 15.6. The summed E-state index contributed by atoms with van der Waals surface area (Å²) < 4.78 is 34.9. The fourth-order valence-electron chi connectivity index (χ4n) is 7.27. The summed E-state index contributed by atoms with van der Waals surface area (Å²) in [6.45, 7) is 5.46. The zero-order valence-corrected chi connectivity index (χ0v) is 25.3. The highest BCUT2D eigenvalue weighted by atomic mass is 35.5. The van der Waals surface area contributed by atoms with Crippen LogP contribution in [0, 0.1) is 17.8 Å². The van der Waals surface area contributed by atoms with Crippen molar-refractivity contribution in [3.8, 4) is 5.75 Å². The second-order valence-corrected chi connectivity index (χ2v) is 15.2. The molecule has 2 bridgehead atoms. The number of allylic oxidation sites excluding steroid dienone is 1. The molecule has 1 saturated carbocycles. The Balaban J connectivity index is 1.42. The maximum absolute atomic E-state index is 13.3. The van der Waals surface area contributed by atoms with E-state index in [-0.39, 0.29) is 28.7 Å². The lowest BCUT2D eigenvalue weighted by Gasteiger charge is -2.45. The molecule has 2 N–H and O–H groups in total. The van der Waals surface area contributed by atoms with E-state index in [1.807, 2.05) is 25.1 Å². The number of sulfonamides is 1. The number of aryl methyl sites for hydroxylation is 1. The first-order valence-electron chi connectivity index (χ1n) is 14.8. The Bertz CT molecular complexity index is 1480. The van der Waals surface area contributed by atoms with Crippen LogP contribution in [-0.2, 0) is 21.9 Å². The quantitative estimate of drug-likeness (QED) is 0.403. The second kappa shape index (κ2) is 10.9. The van der Waals surface area contributed by atoms with Gasteiger partial charge in [0.1, 0.15) is 5.75 Å². The minimum absolute atomic E-state index is 0.0638. The molecule has 1 fully saturated rings. The molecule has 0 saturated heterocycles. The normalized spacial score (nSPS) is 33.8. The van der Waals surface area contributed by atoms with Gasteiger partial charge in [0.05, 0.1) is 23.6 Å². The van der Waals surface area contributed by atoms with E-state index in [0.29, 0.717) is 31.9 Å². The van der Waals surface area contributed by atoms with Crippen LogP contribution in [0.5, 0.6) is 5.75 Å². The summed E-state index contributed by atoms with van der Waals surface area (Å²) in [5, 5.41) is 11.1. The lowest BCUT2D eigenvalue weighted by atomic mass is 9.68. The standard InChI is InChI=1S/C32H39ClN2O5S/c1-20-5-11-29(36)26-9-6-24(26)17-35-18-32(13-3-4-22-15-25(33)8-10-27(22)32)19-40-30-12-7-23(16-28(30)35)31(37)34-41(38,39)21(2)14-20/h5,7-8,10-12,15-16,20-21,24,26,29,36H,3-4,6,9,13-14,17-19H2,1-2H3,(H,34,37)/b11-5-/t20-,21-,24-,26+,29-,32-/m0/s1. The average molecular weight is 599 g/mol. The van der Waals surface area contributed by atoms with E-state index in [4.69, 9.17) is 16.3 Å². The molecule has 1 amide bonds. The molecule has 0 radical (unpaired) electrons. The zero-order chi connectivity index (χ0) is 28.9. The van der Waals surface area contributed by atoms with Gasteiger partial charge in [-0.3, -0.25) is 4.79 Å². The van der Waals surface area contributed by atoms with Gasteiger partial charge in [0.15, 0.2) is 0 Å². The predicted molar refractivity (Wildman–Crippen MR) is 161 cm³/mol. The van der Waals surface area contributed by atoms with Crippen molar-refractivity contribution < 1.29 is 23.1 Å². The van der Waals surface area contributed by atoms with E-state index in [1.165, 1.54) is 11.1 Å². The summed E-state index contributed by atoms with van der Waals surface area (Å²) in [5.74, 6) is 0.391. The van der Waals surface area contributed by atoms with Gasteiger partial charge in [0.2, 0.25) is 10.0 Å². The molecule has 6 rings (SSSR count). The Morgan fingerprint density at radius 2 is 1.95 bits per heavy atom. The fourth-order valence-corrected chi connectivity index (χ4v) is 8.60. The monoisotopic (exact) mass is 598 g/mol. The van der Waals surface area contributed by atoms with Gasteiger partial charge in [-0.05, 0) is 105 Å². The van der Waals surface area contributed by atoms with Crippen LogP contribution in [0.15, 0.2) is 48.6 Å². The predicted octanol–water partition coefficient (Wildman–Crippen LogP) is 5.24. The summed E-state index contributed by atoms with van der Waals surface area (Å²) in [6, 6.07) is 11.4. The molecule has 9 heteroatoms. The van der Waals surface area contributed by atoms with E-state index in [0.717, 1.165) is 42.8 Å². The third-order valence-corrected chi connectivity index (χ3v) is 11.7. The molecule has 2 aromatic rings. The number of aliphatic hydroxyl groups is 1. The molecule has 2 heterocycles. The summed E-state index contributed by atoms with van der Waals surface area (Å²) in [7, 11) is -3.89. The lowest BCUT2D eigenvalue weighted by molar-refractivity contribution is 0.0454. The van der Waals surface area contributed by atoms with Crippen LogP contribution in [0.4, 0.5) is 5.69 Å². The molecule has 6 atom stereocenters. The van der Waals surface area contributed by atoms with Gasteiger partial charge in [0.25, 0.3) is 5.91 Å². The first-order valence-corrected chi connectivity index (χ1v) is 16.7. The highest BCUT2D eigenvalue weighted by molar-refractivity contribution is 7.90. The summed E-state index contributed by atoms with van der Waals surface area (Å²) in [6.07, 6.45) is 8.45. The molecule has 0 unspecified atom stereocenters. The Kier molecular flexibility index (Phi) is 7.62. The molecule has 2 aromatic carbocycles. The van der Waals surface area contributed by atoms with Crippen molar-refractivity contribution in [2.24, 2.45) is 17.8 Å². The van der Waals surface area contributed by atoms with Crippen LogP contribution >= 0.6 is 11.6 Å². The number of nitrogens with zero attached hydrogens (tertiary/aromatic N) is 1. The summed E-state index contributed by atoms with van der Waals surface area (Å²) in [5.41, 5.74) is 3.33. The van der Waals surface area contributed by atoms with Gasteiger partial charge in [0, 0.05) is 29.1 Å². The highest BCUT2D eigenvalue weighted by Gasteiger charge is 2.44. The Labute approximate surface area is 248 Å². The Morgan fingerprint density at radius 1 is 1.12 bits per heavy atom. The Hall–Kier alpha value is -2.55. The van der Waals surface area contributed by atoms with E-state index in [1.54, 1.807) is 25.1 Å². The van der Waals surface area contributed by atoms with E-state index in [9.17, 15) is 18.3 Å². The van der Waals surface area contributed by atoms with E-state index in [2.05, 4.69) is 21.8 Å². The molecule has 220 valence electrons. The number of hydrogen-bond acceptors (Lipinski definition) is 6. The number of halogens is 1. The number of hydrogen-bond donors (Lipinski definition) is 2. The third-order valence-electron chi connectivity index (χ3n) is 9.77. The number of carbonyl (C=O) groups excluding carboxylic acids is 1. The Morgan fingerprint density at radius 3 is 2.73 bits per heavy atom. The molecule has 1 spiro atoms. The molecular formula is C32H39ClN2O5S. The van der Waals surface area contributed by atoms with Crippen LogP contribution < -0.4 is 14.4 Å². The number of anilines is 1. The van der Waals surface area contributed by atoms with Crippen molar-refractivity contribution in [3.63, 3.8) is 0 Å². The van der Waals surface area contributed by atoms with Gasteiger partial charge in [-0.15, -0.1) is 0 Å². The van der Waals surface area contributed by atoms with Crippen molar-refractivity contribution in [1.82, 2.24) is 4.72 Å². The fraction of sp³-hybridized carbons (Fsp3) is 0.531. The summed E-state index contributed by atoms with van der Waals surface area (Å²) >= 11 is 6.38. The van der Waals surface area contributed by atoms with Crippen LogP contribution in [0.1, 0.15) is 67.4 Å². The smallest absolute Gasteiger partial charge is 0.264 e. The zero-order valence-electron chi connectivity index (χ0n) is 23.7. The lowest BCUT2D eigenvalue weighted by Crippen LogP contribution is -2.49. The molecule has 4 aliphatic rings. The number of aliphatic hydroxyl groups excluding tert-OH is 1. The minimum atomic E-state index is -3.89. The van der Waals surface area contributed by atoms with Crippen molar-refractivity contribution in [3.05, 3.63) is 70.3 Å². The number of amides is 1. The molecular weight excluding hydrogens is 560 g/mol. The maximum Gasteiger partial charge on any atom is 0.264 e. The molecule has 2 aliphatic heterocycles. The van der Waals surface area contributed by atoms with E-state index >= 15 is 0 Å². The number of ether oxygens (including phenoxy) is 1. The van der Waals surface area contributed by atoms with E-state index < -0.39 is 27.3 Å².